The minimum absolute atomic E-state index is 0.0625. The Balaban J connectivity index is 1.81. The number of hydrogen-bond donors (Lipinski definition) is 0. The number of carbonyl (C=O) groups excluding carboxylic acids is 2. The molecular weight excluding hydrogens is 544 g/mol. The lowest BCUT2D eigenvalue weighted by Gasteiger charge is -2.31. The summed E-state index contributed by atoms with van der Waals surface area (Å²) >= 11 is 0. The summed E-state index contributed by atoms with van der Waals surface area (Å²) in [7, 11) is -4.52. The van der Waals surface area contributed by atoms with E-state index in [1.807, 2.05) is 24.3 Å². The Labute approximate surface area is 238 Å². The van der Waals surface area contributed by atoms with Gasteiger partial charge in [0.25, 0.3) is 5.69 Å². The van der Waals surface area contributed by atoms with E-state index in [9.17, 15) is 28.1 Å². The van der Waals surface area contributed by atoms with Crippen LogP contribution in [0.3, 0.4) is 0 Å². The first-order chi connectivity index (χ1) is 19.3. The van der Waals surface area contributed by atoms with Gasteiger partial charge in [-0.25, -0.2) is 8.42 Å². The number of fused-ring (bicyclic) bond motifs is 1. The van der Waals surface area contributed by atoms with Crippen molar-refractivity contribution in [3.63, 3.8) is 0 Å². The molecule has 41 heavy (non-hydrogen) atoms. The molecule has 0 unspecified atom stereocenters. The highest BCUT2D eigenvalue weighted by atomic mass is 32.2. The maximum atomic E-state index is 14.1. The van der Waals surface area contributed by atoms with Gasteiger partial charge in [-0.2, -0.15) is 4.31 Å². The molecule has 4 aromatic rings. The number of benzene rings is 4. The number of nitro groups is 1. The lowest BCUT2D eigenvalue weighted by molar-refractivity contribution is -0.384. The van der Waals surface area contributed by atoms with Crippen LogP contribution >= 0.6 is 0 Å². The Kier molecular flexibility index (Phi) is 8.65. The van der Waals surface area contributed by atoms with Crippen LogP contribution in [0.1, 0.15) is 36.7 Å². The average molecular weight is 575 g/mol. The van der Waals surface area contributed by atoms with Gasteiger partial charge < -0.3 is 4.74 Å². The fourth-order valence-corrected chi connectivity index (χ4v) is 5.88. The number of ketones is 1. The van der Waals surface area contributed by atoms with Crippen LogP contribution in [0.5, 0.6) is 0 Å². The van der Waals surface area contributed by atoms with Crippen LogP contribution in [0.2, 0.25) is 0 Å². The van der Waals surface area contributed by atoms with Gasteiger partial charge in [-0.3, -0.25) is 19.7 Å². The Morgan fingerprint density at radius 2 is 1.49 bits per heavy atom. The van der Waals surface area contributed by atoms with Crippen LogP contribution in [-0.4, -0.2) is 47.6 Å². The second-order valence-corrected chi connectivity index (χ2v) is 12.4. The summed E-state index contributed by atoms with van der Waals surface area (Å²) in [6.45, 7) is 4.34. The zero-order valence-corrected chi connectivity index (χ0v) is 23.7. The number of sulfonamides is 1. The van der Waals surface area contributed by atoms with Crippen molar-refractivity contribution in [2.45, 2.75) is 43.7 Å². The standard InChI is InChI=1S/C31H30N2O7S/c1-31(2,3)40-30(35)28(19-22-9-5-4-6-10-22)32(41(38,39)27-17-15-26(16-18-27)33(36)37)21-29(34)25-14-13-23-11-7-8-12-24(23)20-25/h4-18,20,28H,19,21H2,1-3H3/t28-/m0/s1. The van der Waals surface area contributed by atoms with Crippen LogP contribution < -0.4 is 0 Å². The molecule has 9 nitrogen and oxygen atoms in total. The van der Waals surface area contributed by atoms with Gasteiger partial charge in [-0.1, -0.05) is 66.7 Å². The normalized spacial score (nSPS) is 12.7. The molecule has 10 heteroatoms. The molecule has 0 bridgehead atoms. The Morgan fingerprint density at radius 1 is 0.878 bits per heavy atom. The zero-order chi connectivity index (χ0) is 29.8. The van der Waals surface area contributed by atoms with Crippen LogP contribution in [0.25, 0.3) is 10.8 Å². The summed E-state index contributed by atoms with van der Waals surface area (Å²) in [6, 6.07) is 24.2. The third-order valence-electron chi connectivity index (χ3n) is 6.32. The third-order valence-corrected chi connectivity index (χ3v) is 8.19. The first-order valence-corrected chi connectivity index (χ1v) is 14.3. The number of ether oxygens (including phenoxy) is 1. The van der Waals surface area contributed by atoms with Gasteiger partial charge >= 0.3 is 5.97 Å². The average Bonchev–Trinajstić information content (AvgIpc) is 2.94. The molecule has 4 rings (SSSR count). The Hall–Kier alpha value is -4.41. The third kappa shape index (κ3) is 7.22. The number of esters is 1. The van der Waals surface area contributed by atoms with E-state index in [-0.39, 0.29) is 22.6 Å². The summed E-state index contributed by atoms with van der Waals surface area (Å²) < 4.78 is 34.7. The second kappa shape index (κ2) is 12.0. The van der Waals surface area contributed by atoms with Crippen LogP contribution in [0, 0.1) is 10.1 Å². The molecule has 0 heterocycles. The number of carbonyl (C=O) groups is 2. The summed E-state index contributed by atoms with van der Waals surface area (Å²) in [4.78, 5) is 37.5. The molecule has 0 aliphatic carbocycles. The molecule has 0 aliphatic heterocycles. The highest BCUT2D eigenvalue weighted by Crippen LogP contribution is 2.26. The Bertz CT molecular complexity index is 1680. The fraction of sp³-hybridized carbons (Fsp3) is 0.226. The van der Waals surface area contributed by atoms with Crippen molar-refractivity contribution >= 4 is 38.2 Å². The van der Waals surface area contributed by atoms with Gasteiger partial charge in [-0.15, -0.1) is 0 Å². The SMILES string of the molecule is CC(C)(C)OC(=O)[C@H](Cc1ccccc1)N(CC(=O)c1ccc2ccccc2c1)S(=O)(=O)c1ccc([N+](=O)[O-])cc1. The number of hydrogen-bond acceptors (Lipinski definition) is 7. The lowest BCUT2D eigenvalue weighted by atomic mass is 10.0. The number of non-ortho nitro benzene ring substituents is 1. The summed E-state index contributed by atoms with van der Waals surface area (Å²) in [6.07, 6.45) is -0.0625. The molecule has 0 N–H and O–H groups in total. The van der Waals surface area contributed by atoms with Gasteiger partial charge in [0, 0.05) is 17.7 Å². The minimum atomic E-state index is -4.52. The maximum Gasteiger partial charge on any atom is 0.325 e. The predicted octanol–water partition coefficient (Wildman–Crippen LogP) is 5.57. The molecule has 4 aromatic carbocycles. The number of nitrogens with zero attached hydrogens (tertiary/aromatic N) is 2. The van der Waals surface area contributed by atoms with Crippen molar-refractivity contribution in [1.29, 1.82) is 0 Å². The molecule has 212 valence electrons. The van der Waals surface area contributed by atoms with Crippen molar-refractivity contribution < 1.29 is 27.7 Å². The highest BCUT2D eigenvalue weighted by molar-refractivity contribution is 7.89. The molecule has 0 spiro atoms. The van der Waals surface area contributed by atoms with E-state index in [0.717, 1.165) is 39.3 Å². The first-order valence-electron chi connectivity index (χ1n) is 12.9. The minimum Gasteiger partial charge on any atom is -0.459 e. The molecule has 0 radical (unpaired) electrons. The molecule has 0 aromatic heterocycles. The molecule has 0 fully saturated rings. The quantitative estimate of drug-likeness (QED) is 0.105. The van der Waals surface area contributed by atoms with E-state index in [1.165, 1.54) is 0 Å². The van der Waals surface area contributed by atoms with Crippen molar-refractivity contribution in [3.8, 4) is 0 Å². The van der Waals surface area contributed by atoms with Gasteiger partial charge in [0.1, 0.15) is 11.6 Å². The van der Waals surface area contributed by atoms with Crippen LogP contribution in [0.15, 0.2) is 102 Å². The van der Waals surface area contributed by atoms with Gasteiger partial charge in [0.05, 0.1) is 16.4 Å². The maximum absolute atomic E-state index is 14.1. The van der Waals surface area contributed by atoms with Crippen molar-refractivity contribution in [2.75, 3.05) is 6.54 Å². The van der Waals surface area contributed by atoms with Gasteiger partial charge in [0.2, 0.25) is 10.0 Å². The summed E-state index contributed by atoms with van der Waals surface area (Å²) in [5.74, 6) is -1.35. The van der Waals surface area contributed by atoms with E-state index >= 15 is 0 Å². The molecule has 0 aliphatic rings. The zero-order valence-electron chi connectivity index (χ0n) is 22.9. The number of rotatable bonds is 10. The highest BCUT2D eigenvalue weighted by Gasteiger charge is 2.40. The van der Waals surface area contributed by atoms with Crippen LogP contribution in [-0.2, 0) is 26.0 Å². The smallest absolute Gasteiger partial charge is 0.325 e. The first kappa shape index (κ1) is 29.6. The number of nitro benzene ring substituents is 1. The van der Waals surface area contributed by atoms with Crippen molar-refractivity contribution in [3.05, 3.63) is 118 Å². The molecule has 1 atom stereocenters. The van der Waals surface area contributed by atoms with Crippen LogP contribution in [0.4, 0.5) is 5.69 Å². The van der Waals surface area contributed by atoms with E-state index in [2.05, 4.69) is 0 Å². The summed E-state index contributed by atoms with van der Waals surface area (Å²) in [5.41, 5.74) is -0.298. The van der Waals surface area contributed by atoms with E-state index in [0.29, 0.717) is 5.56 Å². The second-order valence-electron chi connectivity index (χ2n) is 10.5. The fourth-order valence-electron chi connectivity index (χ4n) is 4.34. The molecule has 0 amide bonds. The molecule has 0 saturated carbocycles. The van der Waals surface area contributed by atoms with Crippen molar-refractivity contribution in [1.82, 2.24) is 4.31 Å². The monoisotopic (exact) mass is 574 g/mol. The van der Waals surface area contributed by atoms with Gasteiger partial charge in [0.15, 0.2) is 5.78 Å². The van der Waals surface area contributed by atoms with E-state index < -0.39 is 44.9 Å². The largest absolute Gasteiger partial charge is 0.459 e. The number of Topliss-reactive ketones (excluding diaryl/α,β-unsaturated/α-hetero) is 1. The topological polar surface area (TPSA) is 124 Å². The summed E-state index contributed by atoms with van der Waals surface area (Å²) in [5, 5.41) is 12.9. The van der Waals surface area contributed by atoms with E-state index in [1.54, 1.807) is 69.3 Å². The molecule has 0 saturated heterocycles. The predicted molar refractivity (Wildman–Crippen MR) is 155 cm³/mol. The lowest BCUT2D eigenvalue weighted by Crippen LogP contribution is -2.50. The molecular formula is C31H30N2O7S. The van der Waals surface area contributed by atoms with E-state index in [4.69, 9.17) is 4.74 Å². The van der Waals surface area contributed by atoms with Gasteiger partial charge in [-0.05, 0) is 61.7 Å². The Morgan fingerprint density at radius 3 is 2.10 bits per heavy atom. The van der Waals surface area contributed by atoms with Crippen molar-refractivity contribution in [2.24, 2.45) is 0 Å².